The van der Waals surface area contributed by atoms with Crippen LogP contribution in [0.3, 0.4) is 0 Å². The van der Waals surface area contributed by atoms with Crippen molar-refractivity contribution in [1.29, 1.82) is 0 Å². The van der Waals surface area contributed by atoms with Gasteiger partial charge in [-0.2, -0.15) is 4.98 Å². The average Bonchev–Trinajstić information content (AvgIpc) is 3.09. The standard InChI is InChI=1S/C10H15N7S/c11-4-7-2-1-3-17(5-7)10-12-9(14-15-10)8-6-18-16-13-8/h6-7H,1-5,11H2,(H,12,14,15). The van der Waals surface area contributed by atoms with E-state index in [1.165, 1.54) is 18.0 Å². The third kappa shape index (κ3) is 2.21. The van der Waals surface area contributed by atoms with E-state index >= 15 is 0 Å². The fourth-order valence-electron chi connectivity index (χ4n) is 2.22. The summed E-state index contributed by atoms with van der Waals surface area (Å²) in [6.07, 6.45) is 2.34. The lowest BCUT2D eigenvalue weighted by Gasteiger charge is -2.31. The van der Waals surface area contributed by atoms with Gasteiger partial charge in [0.05, 0.1) is 0 Å². The van der Waals surface area contributed by atoms with E-state index in [0.29, 0.717) is 11.7 Å². The van der Waals surface area contributed by atoms with Crippen LogP contribution in [0.4, 0.5) is 5.95 Å². The summed E-state index contributed by atoms with van der Waals surface area (Å²) in [6.45, 7) is 2.65. The Labute approximate surface area is 109 Å². The van der Waals surface area contributed by atoms with Crippen molar-refractivity contribution in [2.45, 2.75) is 12.8 Å². The van der Waals surface area contributed by atoms with Gasteiger partial charge < -0.3 is 10.6 Å². The van der Waals surface area contributed by atoms with Gasteiger partial charge in [0.25, 0.3) is 0 Å². The van der Waals surface area contributed by atoms with Crippen molar-refractivity contribution in [3.8, 4) is 11.5 Å². The Morgan fingerprint density at radius 2 is 2.50 bits per heavy atom. The molecule has 1 fully saturated rings. The highest BCUT2D eigenvalue weighted by molar-refractivity contribution is 7.03. The number of aromatic nitrogens is 5. The van der Waals surface area contributed by atoms with Gasteiger partial charge in [-0.1, -0.05) is 4.49 Å². The first-order chi connectivity index (χ1) is 8.86. The van der Waals surface area contributed by atoms with Crippen LogP contribution in [0, 0.1) is 5.92 Å². The second-order valence-corrected chi connectivity index (χ2v) is 5.07. The van der Waals surface area contributed by atoms with Crippen LogP contribution in [0.5, 0.6) is 0 Å². The molecule has 0 aliphatic carbocycles. The molecule has 1 aliphatic rings. The molecule has 1 atom stereocenters. The first kappa shape index (κ1) is 11.5. The van der Waals surface area contributed by atoms with Gasteiger partial charge in [0.1, 0.15) is 5.69 Å². The van der Waals surface area contributed by atoms with Crippen LogP contribution < -0.4 is 10.6 Å². The van der Waals surface area contributed by atoms with E-state index in [2.05, 4.69) is 29.7 Å². The van der Waals surface area contributed by atoms with Gasteiger partial charge in [-0.25, -0.2) is 0 Å². The van der Waals surface area contributed by atoms with Crippen LogP contribution in [0.25, 0.3) is 11.5 Å². The summed E-state index contributed by atoms with van der Waals surface area (Å²) in [5.74, 6) is 1.95. The van der Waals surface area contributed by atoms with E-state index in [1.807, 2.05) is 5.38 Å². The van der Waals surface area contributed by atoms with Crippen molar-refractivity contribution in [3.63, 3.8) is 0 Å². The molecule has 3 rings (SSSR count). The van der Waals surface area contributed by atoms with E-state index in [9.17, 15) is 0 Å². The van der Waals surface area contributed by atoms with E-state index < -0.39 is 0 Å². The second kappa shape index (κ2) is 4.99. The number of aromatic amines is 1. The van der Waals surface area contributed by atoms with Crippen molar-refractivity contribution in [1.82, 2.24) is 24.8 Å². The number of hydrogen-bond donors (Lipinski definition) is 2. The zero-order valence-corrected chi connectivity index (χ0v) is 10.7. The number of nitrogens with one attached hydrogen (secondary N) is 1. The second-order valence-electron chi connectivity index (χ2n) is 4.46. The van der Waals surface area contributed by atoms with E-state index in [4.69, 9.17) is 5.73 Å². The van der Waals surface area contributed by atoms with Crippen LogP contribution in [0.1, 0.15) is 12.8 Å². The molecule has 0 spiro atoms. The fourth-order valence-corrected chi connectivity index (χ4v) is 2.66. The van der Waals surface area contributed by atoms with Gasteiger partial charge in [0.2, 0.25) is 5.95 Å². The Morgan fingerprint density at radius 1 is 1.56 bits per heavy atom. The molecule has 1 unspecified atom stereocenters. The molecule has 7 nitrogen and oxygen atoms in total. The normalized spacial score (nSPS) is 20.3. The van der Waals surface area contributed by atoms with Gasteiger partial charge in [0, 0.05) is 18.5 Å². The maximum atomic E-state index is 5.73. The minimum absolute atomic E-state index is 0.543. The highest BCUT2D eigenvalue weighted by Gasteiger charge is 2.22. The number of anilines is 1. The Bertz CT molecular complexity index is 494. The summed E-state index contributed by atoms with van der Waals surface area (Å²) < 4.78 is 3.82. The number of piperidine rings is 1. The van der Waals surface area contributed by atoms with Crippen LogP contribution in [0.15, 0.2) is 5.38 Å². The predicted molar refractivity (Wildman–Crippen MR) is 69.3 cm³/mol. The lowest BCUT2D eigenvalue weighted by molar-refractivity contribution is 0.420. The molecule has 0 amide bonds. The zero-order chi connectivity index (χ0) is 12.4. The van der Waals surface area contributed by atoms with Crippen LogP contribution in [0.2, 0.25) is 0 Å². The Hall–Kier alpha value is -1.54. The number of rotatable bonds is 3. The van der Waals surface area contributed by atoms with Gasteiger partial charge in [-0.3, -0.25) is 5.10 Å². The van der Waals surface area contributed by atoms with Gasteiger partial charge >= 0.3 is 0 Å². The molecule has 2 aromatic rings. The third-order valence-corrected chi connectivity index (χ3v) is 3.72. The molecule has 3 N–H and O–H groups in total. The molecule has 3 heterocycles. The lowest BCUT2D eigenvalue weighted by Crippen LogP contribution is -2.38. The summed E-state index contributed by atoms with van der Waals surface area (Å²) in [6, 6.07) is 0. The number of hydrogen-bond acceptors (Lipinski definition) is 7. The average molecular weight is 265 g/mol. The molecule has 0 saturated carbocycles. The van der Waals surface area contributed by atoms with Crippen LogP contribution in [-0.2, 0) is 0 Å². The van der Waals surface area contributed by atoms with Crippen molar-refractivity contribution in [2.75, 3.05) is 24.5 Å². The third-order valence-electron chi connectivity index (χ3n) is 3.21. The molecule has 0 radical (unpaired) electrons. The molecule has 1 aliphatic heterocycles. The smallest absolute Gasteiger partial charge is 0.245 e. The summed E-state index contributed by atoms with van der Waals surface area (Å²) in [4.78, 5) is 6.65. The van der Waals surface area contributed by atoms with Crippen molar-refractivity contribution < 1.29 is 0 Å². The van der Waals surface area contributed by atoms with Crippen LogP contribution >= 0.6 is 11.5 Å². The summed E-state index contributed by atoms with van der Waals surface area (Å²) in [5.41, 5.74) is 6.48. The first-order valence-electron chi connectivity index (χ1n) is 6.01. The van der Waals surface area contributed by atoms with Crippen LogP contribution in [-0.4, -0.2) is 44.4 Å². The van der Waals surface area contributed by atoms with Gasteiger partial charge in [-0.15, -0.1) is 10.2 Å². The van der Waals surface area contributed by atoms with E-state index in [0.717, 1.165) is 37.7 Å². The molecule has 18 heavy (non-hydrogen) atoms. The maximum absolute atomic E-state index is 5.73. The lowest BCUT2D eigenvalue weighted by atomic mass is 9.99. The number of H-pyrrole nitrogens is 1. The first-order valence-corrected chi connectivity index (χ1v) is 6.85. The van der Waals surface area contributed by atoms with Crippen molar-refractivity contribution >= 4 is 17.5 Å². The Kier molecular flexibility index (Phi) is 3.20. The molecular formula is C10H15N7S. The predicted octanol–water partition coefficient (Wildman–Crippen LogP) is 0.498. The Balaban J connectivity index is 1.77. The Morgan fingerprint density at radius 3 is 3.28 bits per heavy atom. The minimum Gasteiger partial charge on any atom is -0.339 e. The molecule has 2 aromatic heterocycles. The SMILES string of the molecule is NCC1CCCN(c2n[nH]c(-c3csnn3)n2)C1. The van der Waals surface area contributed by atoms with Gasteiger partial charge in [0.15, 0.2) is 5.82 Å². The zero-order valence-electron chi connectivity index (χ0n) is 9.91. The van der Waals surface area contributed by atoms with Crippen molar-refractivity contribution in [2.24, 2.45) is 11.7 Å². The molecular weight excluding hydrogens is 250 g/mol. The fraction of sp³-hybridized carbons (Fsp3) is 0.600. The molecule has 96 valence electrons. The van der Waals surface area contributed by atoms with Gasteiger partial charge in [-0.05, 0) is 36.8 Å². The summed E-state index contributed by atoms with van der Waals surface area (Å²) in [7, 11) is 0. The molecule has 0 bridgehead atoms. The highest BCUT2D eigenvalue weighted by Crippen LogP contribution is 2.21. The van der Waals surface area contributed by atoms with Crippen molar-refractivity contribution in [3.05, 3.63) is 5.38 Å². The molecule has 8 heteroatoms. The topological polar surface area (TPSA) is 96.6 Å². The molecule has 1 saturated heterocycles. The minimum atomic E-state index is 0.543. The summed E-state index contributed by atoms with van der Waals surface area (Å²) in [5, 5.41) is 13.0. The summed E-state index contributed by atoms with van der Waals surface area (Å²) >= 11 is 1.30. The van der Waals surface area contributed by atoms with E-state index in [-0.39, 0.29) is 0 Å². The monoisotopic (exact) mass is 265 g/mol. The largest absolute Gasteiger partial charge is 0.339 e. The quantitative estimate of drug-likeness (QED) is 0.838. The van der Waals surface area contributed by atoms with E-state index in [1.54, 1.807) is 0 Å². The highest BCUT2D eigenvalue weighted by atomic mass is 32.1. The number of nitrogens with two attached hydrogens (primary N) is 1. The maximum Gasteiger partial charge on any atom is 0.245 e. The number of nitrogens with zero attached hydrogens (tertiary/aromatic N) is 5. The molecule has 0 aromatic carbocycles.